The molecule has 4 rings (SSSR count). The van der Waals surface area contributed by atoms with Gasteiger partial charge in [0.05, 0.1) is 22.4 Å². The first-order valence-electron chi connectivity index (χ1n) is 10.2. The van der Waals surface area contributed by atoms with Gasteiger partial charge in [-0.1, -0.05) is 19.9 Å². The molecule has 2 amide bonds. The summed E-state index contributed by atoms with van der Waals surface area (Å²) in [6.45, 7) is 4.93. The maximum Gasteiger partial charge on any atom is 0.416 e. The summed E-state index contributed by atoms with van der Waals surface area (Å²) < 4.78 is 79.1. The van der Waals surface area contributed by atoms with Gasteiger partial charge in [0, 0.05) is 19.6 Å². The first kappa shape index (κ1) is 24.6. The number of benzene rings is 2. The van der Waals surface area contributed by atoms with Gasteiger partial charge in [-0.05, 0) is 41.5 Å². The van der Waals surface area contributed by atoms with Gasteiger partial charge in [0.2, 0.25) is 5.91 Å². The van der Waals surface area contributed by atoms with Crippen molar-refractivity contribution in [2.45, 2.75) is 32.2 Å². The molecule has 0 radical (unpaired) electrons. The van der Waals surface area contributed by atoms with E-state index in [1.807, 2.05) is 13.8 Å². The van der Waals surface area contributed by atoms with Gasteiger partial charge in [-0.2, -0.15) is 26.3 Å². The highest BCUT2D eigenvalue weighted by Crippen LogP contribution is 2.39. The lowest BCUT2D eigenvalue weighted by atomic mass is 9.96. The van der Waals surface area contributed by atoms with Crippen molar-refractivity contribution >= 4 is 17.5 Å². The van der Waals surface area contributed by atoms with E-state index in [2.05, 4.69) is 10.6 Å². The second kappa shape index (κ2) is 9.05. The van der Waals surface area contributed by atoms with Crippen LogP contribution < -0.4 is 10.6 Å². The Balaban J connectivity index is 0.00000149. The average Bonchev–Trinajstić information content (AvgIpc) is 2.88. The quantitative estimate of drug-likeness (QED) is 0.586. The molecule has 1 saturated heterocycles. The van der Waals surface area contributed by atoms with Gasteiger partial charge in [-0.15, -0.1) is 0 Å². The number of hydrogen-bond acceptors (Lipinski definition) is 3. The first-order chi connectivity index (χ1) is 15.4. The first-order valence-corrected chi connectivity index (χ1v) is 10.2. The Bertz CT molecular complexity index is 1030. The average molecular weight is 473 g/mol. The van der Waals surface area contributed by atoms with E-state index in [4.69, 9.17) is 0 Å². The van der Waals surface area contributed by atoms with Crippen LogP contribution in [0.4, 0.5) is 32.0 Å². The van der Waals surface area contributed by atoms with Crippen LogP contribution in [0.15, 0.2) is 36.4 Å². The van der Waals surface area contributed by atoms with Crippen LogP contribution in [0.5, 0.6) is 0 Å². The van der Waals surface area contributed by atoms with Gasteiger partial charge in [0.1, 0.15) is 6.04 Å². The number of piperazine rings is 1. The minimum Gasteiger partial charge on any atom is -0.324 e. The molecule has 2 aromatic carbocycles. The number of hydrogen-bond donors (Lipinski definition) is 2. The standard InChI is InChI=1S/C20H15F6N3O2.C2H6/c21-19(22,23)12-5-11(6-13(8-12)20(24,25)26)10-1-2-15-14(7-10)18(31)29-4-3-27-9-16(29)17(30)28-15;1-2/h1-2,5-8,16,27H,3-4,9H2,(H,28,30);1-2H3. The molecular formula is C22H21F6N3O2. The second-order valence-corrected chi connectivity index (χ2v) is 7.26. The summed E-state index contributed by atoms with van der Waals surface area (Å²) in [6.07, 6.45) is -9.97. The van der Waals surface area contributed by atoms with Gasteiger partial charge in [0.15, 0.2) is 0 Å². The van der Waals surface area contributed by atoms with Crippen LogP contribution in [0.3, 0.4) is 0 Å². The smallest absolute Gasteiger partial charge is 0.324 e. The molecule has 1 atom stereocenters. The van der Waals surface area contributed by atoms with Gasteiger partial charge >= 0.3 is 12.4 Å². The fraction of sp³-hybridized carbons (Fsp3) is 0.364. The monoisotopic (exact) mass is 473 g/mol. The van der Waals surface area contributed by atoms with E-state index in [1.165, 1.54) is 23.1 Å². The van der Waals surface area contributed by atoms with Crippen LogP contribution >= 0.6 is 0 Å². The van der Waals surface area contributed by atoms with Crippen LogP contribution in [0.25, 0.3) is 11.1 Å². The molecule has 5 nitrogen and oxygen atoms in total. The predicted molar refractivity (Wildman–Crippen MR) is 110 cm³/mol. The number of anilines is 1. The third-order valence-corrected chi connectivity index (χ3v) is 5.24. The third kappa shape index (κ3) is 4.97. The van der Waals surface area contributed by atoms with Crippen LogP contribution in [-0.2, 0) is 17.1 Å². The zero-order chi connectivity index (χ0) is 24.6. The number of amides is 2. The topological polar surface area (TPSA) is 61.4 Å². The molecule has 2 aliphatic rings. The van der Waals surface area contributed by atoms with Crippen LogP contribution in [0, 0.1) is 0 Å². The molecule has 2 N–H and O–H groups in total. The SMILES string of the molecule is CC.O=C1Nc2ccc(-c3cc(C(F)(F)F)cc(C(F)(F)F)c3)cc2C(=O)N2CCNCC12. The molecule has 0 bridgehead atoms. The summed E-state index contributed by atoms with van der Waals surface area (Å²) in [7, 11) is 0. The van der Waals surface area contributed by atoms with Crippen molar-refractivity contribution in [3.8, 4) is 11.1 Å². The fourth-order valence-electron chi connectivity index (χ4n) is 3.68. The Morgan fingerprint density at radius 3 is 2.06 bits per heavy atom. The summed E-state index contributed by atoms with van der Waals surface area (Å²) in [5.41, 5.74) is -3.10. The molecule has 0 spiro atoms. The molecule has 178 valence electrons. The van der Waals surface area contributed by atoms with Gasteiger partial charge in [0.25, 0.3) is 5.91 Å². The molecule has 0 saturated carbocycles. The normalized spacial score (nSPS) is 18.4. The summed E-state index contributed by atoms with van der Waals surface area (Å²) in [5.74, 6) is -0.949. The number of nitrogens with zero attached hydrogens (tertiary/aromatic N) is 1. The van der Waals surface area contributed by atoms with Crippen molar-refractivity contribution in [1.29, 1.82) is 0 Å². The zero-order valence-corrected chi connectivity index (χ0v) is 17.7. The second-order valence-electron chi connectivity index (χ2n) is 7.26. The van der Waals surface area contributed by atoms with E-state index < -0.39 is 41.3 Å². The fourth-order valence-corrected chi connectivity index (χ4v) is 3.68. The number of alkyl halides is 6. The molecular weight excluding hydrogens is 452 g/mol. The van der Waals surface area contributed by atoms with E-state index in [-0.39, 0.29) is 41.5 Å². The number of rotatable bonds is 1. The molecule has 0 aromatic heterocycles. The minimum absolute atomic E-state index is 0.00113. The Morgan fingerprint density at radius 1 is 0.879 bits per heavy atom. The maximum absolute atomic E-state index is 13.2. The number of halogens is 6. The number of fused-ring (bicyclic) bond motifs is 2. The zero-order valence-electron chi connectivity index (χ0n) is 17.7. The third-order valence-electron chi connectivity index (χ3n) is 5.24. The van der Waals surface area contributed by atoms with Crippen LogP contribution in [0.2, 0.25) is 0 Å². The number of carbonyl (C=O) groups is 2. The van der Waals surface area contributed by atoms with Gasteiger partial charge in [-0.25, -0.2) is 0 Å². The van der Waals surface area contributed by atoms with Gasteiger partial charge < -0.3 is 15.5 Å². The van der Waals surface area contributed by atoms with E-state index in [1.54, 1.807) is 0 Å². The van der Waals surface area contributed by atoms with E-state index in [9.17, 15) is 35.9 Å². The minimum atomic E-state index is -4.99. The van der Waals surface area contributed by atoms with E-state index >= 15 is 0 Å². The van der Waals surface area contributed by atoms with Crippen molar-refractivity contribution in [3.05, 3.63) is 53.1 Å². The molecule has 1 fully saturated rings. The van der Waals surface area contributed by atoms with E-state index in [0.29, 0.717) is 18.7 Å². The maximum atomic E-state index is 13.2. The molecule has 2 aliphatic heterocycles. The Labute approximate surface area is 185 Å². The van der Waals surface area contributed by atoms with Crippen molar-refractivity contribution in [1.82, 2.24) is 10.2 Å². The highest BCUT2D eigenvalue weighted by molar-refractivity contribution is 6.10. The highest BCUT2D eigenvalue weighted by atomic mass is 19.4. The van der Waals surface area contributed by atoms with Gasteiger partial charge in [-0.3, -0.25) is 9.59 Å². The number of carbonyl (C=O) groups excluding carboxylic acids is 2. The summed E-state index contributed by atoms with van der Waals surface area (Å²) >= 11 is 0. The Morgan fingerprint density at radius 2 is 1.48 bits per heavy atom. The summed E-state index contributed by atoms with van der Waals surface area (Å²) in [5, 5.41) is 5.60. The van der Waals surface area contributed by atoms with Crippen molar-refractivity contribution in [3.63, 3.8) is 0 Å². The molecule has 1 unspecified atom stereocenters. The van der Waals surface area contributed by atoms with E-state index in [0.717, 1.165) is 0 Å². The molecule has 0 aliphatic carbocycles. The van der Waals surface area contributed by atoms with Crippen molar-refractivity contribution in [2.24, 2.45) is 0 Å². The highest BCUT2D eigenvalue weighted by Gasteiger charge is 2.38. The summed E-state index contributed by atoms with van der Waals surface area (Å²) in [4.78, 5) is 26.8. The van der Waals surface area contributed by atoms with Crippen molar-refractivity contribution in [2.75, 3.05) is 25.0 Å². The predicted octanol–water partition coefficient (Wildman–Crippen LogP) is 4.78. The van der Waals surface area contributed by atoms with Crippen molar-refractivity contribution < 1.29 is 35.9 Å². The lowest BCUT2D eigenvalue weighted by molar-refractivity contribution is -0.143. The Hall–Kier alpha value is -3.08. The Kier molecular flexibility index (Phi) is 6.73. The summed E-state index contributed by atoms with van der Waals surface area (Å²) in [6, 6.07) is 4.27. The largest absolute Gasteiger partial charge is 0.416 e. The molecule has 2 aromatic rings. The lowest BCUT2D eigenvalue weighted by Crippen LogP contribution is -2.57. The number of nitrogens with one attached hydrogen (secondary N) is 2. The molecule has 33 heavy (non-hydrogen) atoms. The lowest BCUT2D eigenvalue weighted by Gasteiger charge is -2.33. The molecule has 11 heteroatoms. The molecule has 2 heterocycles. The van der Waals surface area contributed by atoms with Crippen LogP contribution in [-0.4, -0.2) is 42.4 Å². The van der Waals surface area contributed by atoms with Crippen LogP contribution in [0.1, 0.15) is 35.3 Å².